The molecule has 1 amide bonds. The zero-order valence-electron chi connectivity index (χ0n) is 7.74. The largest absolute Gasteiger partial charge is 0.493 e. The lowest BCUT2D eigenvalue weighted by atomic mass is 10.4. The smallest absolute Gasteiger partial charge is 0.221 e. The van der Waals surface area contributed by atoms with Crippen LogP contribution < -0.4 is 5.32 Å². The number of aromatic nitrogens is 1. The van der Waals surface area contributed by atoms with Crippen LogP contribution in [-0.2, 0) is 11.8 Å². The molecule has 1 aromatic rings. The average molecular weight is 230 g/mol. The molecular weight excluding hydrogens is 220 g/mol. The number of thiocarbonyl (C=S) groups is 1. The van der Waals surface area contributed by atoms with Crippen molar-refractivity contribution in [2.75, 3.05) is 5.32 Å². The highest BCUT2D eigenvalue weighted by Crippen LogP contribution is 2.34. The van der Waals surface area contributed by atoms with Crippen LogP contribution in [0, 0.1) is 0 Å². The van der Waals surface area contributed by atoms with Crippen molar-refractivity contribution in [3.05, 3.63) is 5.69 Å². The van der Waals surface area contributed by atoms with Gasteiger partial charge in [0.15, 0.2) is 0 Å². The van der Waals surface area contributed by atoms with E-state index in [1.54, 1.807) is 7.05 Å². The van der Waals surface area contributed by atoms with Gasteiger partial charge in [-0.1, -0.05) is 12.2 Å². The van der Waals surface area contributed by atoms with Gasteiger partial charge in [0, 0.05) is 19.3 Å². The minimum absolute atomic E-state index is 0.0544. The zero-order chi connectivity index (χ0) is 10.9. The van der Waals surface area contributed by atoms with Gasteiger partial charge < -0.3 is 15.0 Å². The van der Waals surface area contributed by atoms with E-state index in [-0.39, 0.29) is 11.8 Å². The summed E-state index contributed by atoms with van der Waals surface area (Å²) < 4.78 is 1.46. The van der Waals surface area contributed by atoms with E-state index in [9.17, 15) is 9.90 Å². The summed E-state index contributed by atoms with van der Waals surface area (Å²) >= 11 is 8.92. The third kappa shape index (κ3) is 1.76. The number of hydrogen-bond donors (Lipinski definition) is 3. The van der Waals surface area contributed by atoms with Crippen LogP contribution >= 0.6 is 24.8 Å². The van der Waals surface area contributed by atoms with Gasteiger partial charge in [0.25, 0.3) is 0 Å². The molecule has 0 aliphatic carbocycles. The van der Waals surface area contributed by atoms with Gasteiger partial charge in [-0.15, -0.1) is 12.6 Å². The molecule has 0 spiro atoms. The molecule has 0 aliphatic rings. The fraction of sp³-hybridized carbons (Fsp3) is 0.250. The van der Waals surface area contributed by atoms with E-state index in [0.29, 0.717) is 16.3 Å². The van der Waals surface area contributed by atoms with Crippen LogP contribution in [0.25, 0.3) is 0 Å². The van der Waals surface area contributed by atoms with Crippen molar-refractivity contribution in [3.63, 3.8) is 0 Å². The maximum absolute atomic E-state index is 10.8. The summed E-state index contributed by atoms with van der Waals surface area (Å²) in [5.41, 5.74) is 0.879. The monoisotopic (exact) mass is 230 g/mol. The number of carbonyl (C=O) groups is 1. The summed E-state index contributed by atoms with van der Waals surface area (Å²) in [5.74, 6) is -0.321. The topological polar surface area (TPSA) is 54.3 Å². The number of nitrogens with zero attached hydrogens (tertiary/aromatic N) is 1. The predicted octanol–water partition coefficient (Wildman–Crippen LogP) is 1.33. The number of thiol groups is 1. The quantitative estimate of drug-likeness (QED) is 0.530. The van der Waals surface area contributed by atoms with Crippen LogP contribution in [0.4, 0.5) is 5.69 Å². The van der Waals surface area contributed by atoms with Gasteiger partial charge in [0.05, 0.1) is 10.6 Å². The van der Waals surface area contributed by atoms with E-state index in [4.69, 9.17) is 12.2 Å². The molecule has 0 atom stereocenters. The SMILES string of the molecule is CC(=O)Nc1c(S)c(C=S)n(C)c1O. The molecule has 1 heterocycles. The molecule has 6 heteroatoms. The van der Waals surface area contributed by atoms with Crippen LogP contribution in [0.1, 0.15) is 12.6 Å². The first-order chi connectivity index (χ1) is 6.49. The van der Waals surface area contributed by atoms with Gasteiger partial charge >= 0.3 is 0 Å². The fourth-order valence-electron chi connectivity index (χ4n) is 1.10. The Kier molecular flexibility index (Phi) is 3.17. The molecule has 0 aliphatic heterocycles. The van der Waals surface area contributed by atoms with Crippen LogP contribution in [-0.4, -0.2) is 20.9 Å². The molecule has 14 heavy (non-hydrogen) atoms. The Labute approximate surface area is 92.3 Å². The third-order valence-corrected chi connectivity index (χ3v) is 2.47. The predicted molar refractivity (Wildman–Crippen MR) is 61.4 cm³/mol. The number of anilines is 1. The molecule has 2 N–H and O–H groups in total. The lowest BCUT2D eigenvalue weighted by molar-refractivity contribution is -0.114. The molecule has 0 saturated carbocycles. The minimum atomic E-state index is -0.267. The van der Waals surface area contributed by atoms with Gasteiger partial charge in [-0.25, -0.2) is 0 Å². The Hall–Kier alpha value is -1.01. The first kappa shape index (κ1) is 11.1. The molecular formula is C8H10N2O2S2. The second-order valence-corrected chi connectivity index (χ2v) is 3.47. The molecule has 0 unspecified atom stereocenters. The van der Waals surface area contributed by atoms with Crippen molar-refractivity contribution in [1.82, 2.24) is 4.57 Å². The van der Waals surface area contributed by atoms with Gasteiger partial charge in [-0.2, -0.15) is 0 Å². The Morgan fingerprint density at radius 3 is 2.64 bits per heavy atom. The van der Waals surface area contributed by atoms with Crippen molar-refractivity contribution in [2.24, 2.45) is 7.05 Å². The first-order valence-corrected chi connectivity index (χ1v) is 4.74. The van der Waals surface area contributed by atoms with Gasteiger partial charge in [0.1, 0.15) is 5.69 Å². The summed E-state index contributed by atoms with van der Waals surface area (Å²) in [5, 5.41) is 13.5. The lowest BCUT2D eigenvalue weighted by Crippen LogP contribution is -2.05. The standard InChI is InChI=1S/C8H10N2O2S2/c1-4(11)9-6-7(14)5(3-13)10(2)8(6)12/h3,12,14H,1-2H3,(H,9,11). The number of amides is 1. The average Bonchev–Trinajstić information content (AvgIpc) is 2.30. The van der Waals surface area contributed by atoms with E-state index in [2.05, 4.69) is 17.9 Å². The molecule has 4 nitrogen and oxygen atoms in total. The second kappa shape index (κ2) is 4.02. The van der Waals surface area contributed by atoms with E-state index in [1.807, 2.05) is 0 Å². The third-order valence-electron chi connectivity index (χ3n) is 1.79. The zero-order valence-corrected chi connectivity index (χ0v) is 9.45. The van der Waals surface area contributed by atoms with E-state index in [0.717, 1.165) is 0 Å². The molecule has 0 fully saturated rings. The highest BCUT2D eigenvalue weighted by atomic mass is 32.1. The number of rotatable bonds is 2. The number of hydrogen-bond acceptors (Lipinski definition) is 4. The number of aromatic hydroxyl groups is 1. The molecule has 0 saturated heterocycles. The maximum atomic E-state index is 10.8. The first-order valence-electron chi connectivity index (χ1n) is 3.82. The Bertz CT molecular complexity index is 399. The summed E-state index contributed by atoms with van der Waals surface area (Å²) in [6.07, 6.45) is 0. The Balaban J connectivity index is 3.29. The van der Waals surface area contributed by atoms with Gasteiger partial charge in [-0.3, -0.25) is 4.79 Å². The highest BCUT2D eigenvalue weighted by molar-refractivity contribution is 7.81. The molecule has 76 valence electrons. The summed E-state index contributed by atoms with van der Waals surface area (Å²) in [7, 11) is 1.64. The maximum Gasteiger partial charge on any atom is 0.221 e. The number of carbonyl (C=O) groups excluding carboxylic acids is 1. The van der Waals surface area contributed by atoms with E-state index in [1.165, 1.54) is 16.9 Å². The van der Waals surface area contributed by atoms with Crippen LogP contribution in [0.2, 0.25) is 0 Å². The number of nitrogens with one attached hydrogen (secondary N) is 1. The van der Waals surface area contributed by atoms with Crippen LogP contribution in [0.3, 0.4) is 0 Å². The Morgan fingerprint density at radius 1 is 1.71 bits per heavy atom. The second-order valence-electron chi connectivity index (χ2n) is 2.79. The van der Waals surface area contributed by atoms with Crippen molar-refractivity contribution < 1.29 is 9.90 Å². The molecule has 1 rings (SSSR count). The molecule has 1 aromatic heterocycles. The fourth-order valence-corrected chi connectivity index (χ4v) is 1.83. The molecule has 0 radical (unpaired) electrons. The van der Waals surface area contributed by atoms with Crippen LogP contribution in [0.15, 0.2) is 4.90 Å². The Morgan fingerprint density at radius 2 is 2.29 bits per heavy atom. The summed E-state index contributed by atoms with van der Waals surface area (Å²) in [6, 6.07) is 0. The lowest BCUT2D eigenvalue weighted by Gasteiger charge is -2.00. The molecule has 0 aromatic carbocycles. The van der Waals surface area contributed by atoms with Gasteiger partial charge in [0.2, 0.25) is 11.8 Å². The highest BCUT2D eigenvalue weighted by Gasteiger charge is 2.17. The van der Waals surface area contributed by atoms with Crippen LogP contribution in [0.5, 0.6) is 5.88 Å². The minimum Gasteiger partial charge on any atom is -0.493 e. The van der Waals surface area contributed by atoms with Crippen molar-refractivity contribution in [2.45, 2.75) is 11.8 Å². The van der Waals surface area contributed by atoms with Crippen molar-refractivity contribution in [1.29, 1.82) is 0 Å². The normalized spacial score (nSPS) is 9.93. The van der Waals surface area contributed by atoms with Crippen molar-refractivity contribution >= 4 is 41.8 Å². The van der Waals surface area contributed by atoms with E-state index < -0.39 is 0 Å². The summed E-state index contributed by atoms with van der Waals surface area (Å²) in [4.78, 5) is 11.3. The van der Waals surface area contributed by atoms with Gasteiger partial charge in [-0.05, 0) is 0 Å². The molecule has 0 bridgehead atoms. The van der Waals surface area contributed by atoms with Crippen molar-refractivity contribution in [3.8, 4) is 5.88 Å². The van der Waals surface area contributed by atoms with E-state index >= 15 is 0 Å². The summed E-state index contributed by atoms with van der Waals surface area (Å²) in [6.45, 7) is 1.36.